The predicted molar refractivity (Wildman–Crippen MR) is 156 cm³/mol. The minimum Gasteiger partial charge on any atom is -0.353 e. The van der Waals surface area contributed by atoms with Crippen LogP contribution in [-0.2, 0) is 7.05 Å². The monoisotopic (exact) mass is 545 g/mol. The largest absolute Gasteiger partial charge is 0.353 e. The summed E-state index contributed by atoms with van der Waals surface area (Å²) in [6.45, 7) is 2.54. The zero-order valence-electron chi connectivity index (χ0n) is 22.8. The normalized spacial score (nSPS) is 18.5. The molecule has 3 aliphatic heterocycles. The molecule has 0 radical (unpaired) electrons. The van der Waals surface area contributed by atoms with Crippen LogP contribution in [-0.4, -0.2) is 79.2 Å². The summed E-state index contributed by atoms with van der Waals surface area (Å²) in [6.07, 6.45) is 14.2. The molecule has 0 N–H and O–H groups in total. The van der Waals surface area contributed by atoms with Crippen LogP contribution in [0.25, 0.3) is 27.8 Å². The van der Waals surface area contributed by atoms with E-state index in [1.54, 1.807) is 17.8 Å². The topological polar surface area (TPSA) is 79.7 Å². The molecule has 0 amide bonds. The van der Waals surface area contributed by atoms with Crippen molar-refractivity contribution in [3.63, 3.8) is 0 Å². The zero-order valence-corrected chi connectivity index (χ0v) is 22.8. The molecule has 2 bridgehead atoms. The van der Waals surface area contributed by atoms with E-state index >= 15 is 0 Å². The van der Waals surface area contributed by atoms with E-state index in [1.807, 2.05) is 48.8 Å². The van der Waals surface area contributed by atoms with Crippen molar-refractivity contribution < 1.29 is 4.39 Å². The highest BCUT2D eigenvalue weighted by Crippen LogP contribution is 2.35. The van der Waals surface area contributed by atoms with Crippen molar-refractivity contribution in [3.05, 3.63) is 84.6 Å². The van der Waals surface area contributed by atoms with Crippen LogP contribution in [0.2, 0.25) is 0 Å². The molecule has 5 aromatic rings. The number of nitrogens with zero attached hydrogens (tertiary/aromatic N) is 9. The van der Waals surface area contributed by atoms with Gasteiger partial charge in [-0.3, -0.25) is 14.6 Å². The van der Waals surface area contributed by atoms with Gasteiger partial charge in [0.2, 0.25) is 5.95 Å². The van der Waals surface area contributed by atoms with Gasteiger partial charge in [0.05, 0.1) is 24.5 Å². The second-order valence-electron chi connectivity index (χ2n) is 10.5. The Bertz CT molecular complexity index is 1800. The second kappa shape index (κ2) is 10.3. The van der Waals surface area contributed by atoms with E-state index in [0.717, 1.165) is 57.8 Å². The lowest BCUT2D eigenvalue weighted by molar-refractivity contribution is 0.0125. The number of halogens is 1. The van der Waals surface area contributed by atoms with E-state index in [-0.39, 0.29) is 0 Å². The second-order valence-corrected chi connectivity index (χ2v) is 10.5. The highest BCUT2D eigenvalue weighted by molar-refractivity contribution is 5.97. The van der Waals surface area contributed by atoms with Crippen LogP contribution in [0.15, 0.2) is 72.5 Å². The number of aromatic nitrogens is 6. The van der Waals surface area contributed by atoms with Crippen molar-refractivity contribution in [1.29, 1.82) is 0 Å². The first kappa shape index (κ1) is 25.1. The molecule has 8 rings (SSSR count). The van der Waals surface area contributed by atoms with Gasteiger partial charge < -0.3 is 4.90 Å². The Morgan fingerprint density at radius 1 is 0.976 bits per heavy atom. The third-order valence-electron chi connectivity index (χ3n) is 7.90. The predicted octanol–water partition coefficient (Wildman–Crippen LogP) is 3.69. The summed E-state index contributed by atoms with van der Waals surface area (Å²) in [6, 6.07) is 10.3. The number of aliphatic imine (C=N–C) groups is 1. The van der Waals surface area contributed by atoms with Crippen LogP contribution >= 0.6 is 0 Å². The Morgan fingerprint density at radius 3 is 2.56 bits per heavy atom. The first-order valence-electron chi connectivity index (χ1n) is 13.6. The van der Waals surface area contributed by atoms with Gasteiger partial charge in [0.1, 0.15) is 5.82 Å². The minimum atomic E-state index is -0.487. The average Bonchev–Trinajstić information content (AvgIpc) is 3.62. The van der Waals surface area contributed by atoms with Crippen molar-refractivity contribution >= 4 is 17.5 Å². The van der Waals surface area contributed by atoms with Crippen LogP contribution in [0.5, 0.6) is 0 Å². The van der Waals surface area contributed by atoms with E-state index < -0.39 is 5.95 Å². The van der Waals surface area contributed by atoms with Crippen LogP contribution in [0.1, 0.15) is 17.5 Å². The number of pyridine rings is 3. The Kier molecular flexibility index (Phi) is 6.29. The molecule has 8 heterocycles. The lowest BCUT2D eigenvalue weighted by atomic mass is 9.87. The molecule has 3 saturated heterocycles. The molecule has 9 nitrogen and oxygen atoms in total. The van der Waals surface area contributed by atoms with Gasteiger partial charge in [-0.25, -0.2) is 14.5 Å². The molecule has 3 fully saturated rings. The fourth-order valence-electron chi connectivity index (χ4n) is 5.87. The average molecular weight is 546 g/mol. The Labute approximate surface area is 237 Å². The van der Waals surface area contributed by atoms with E-state index in [0.29, 0.717) is 18.6 Å². The van der Waals surface area contributed by atoms with Gasteiger partial charge in [0.15, 0.2) is 0 Å². The van der Waals surface area contributed by atoms with Gasteiger partial charge in [0, 0.05) is 104 Å². The van der Waals surface area contributed by atoms with Crippen LogP contribution in [0, 0.1) is 17.8 Å². The third-order valence-corrected chi connectivity index (χ3v) is 7.90. The number of hydrogen-bond donors (Lipinski definition) is 0. The van der Waals surface area contributed by atoms with Crippen molar-refractivity contribution in [1.82, 2.24) is 34.3 Å². The van der Waals surface area contributed by atoms with Gasteiger partial charge in [0.25, 0.3) is 0 Å². The fourth-order valence-corrected chi connectivity index (χ4v) is 5.87. The fraction of sp³-hybridized carbons (Fsp3) is 0.258. The number of fused-ring (bicyclic) bond motifs is 3. The van der Waals surface area contributed by atoms with Crippen LogP contribution < -0.4 is 4.90 Å². The molecular formula is C31H28FN9. The summed E-state index contributed by atoms with van der Waals surface area (Å²) in [5, 5.41) is 8.95. The molecule has 41 heavy (non-hydrogen) atoms. The highest BCUT2D eigenvalue weighted by Gasteiger charge is 2.44. The summed E-state index contributed by atoms with van der Waals surface area (Å²) in [7, 11) is 3.68. The maximum atomic E-state index is 13.0. The number of anilines is 1. The van der Waals surface area contributed by atoms with Crippen molar-refractivity contribution in [2.75, 3.05) is 31.6 Å². The number of rotatable bonds is 5. The van der Waals surface area contributed by atoms with Gasteiger partial charge in [-0.15, -0.1) is 0 Å². The molecule has 0 spiro atoms. The summed E-state index contributed by atoms with van der Waals surface area (Å²) in [4.78, 5) is 17.6. The Balaban J connectivity index is 1.11. The van der Waals surface area contributed by atoms with E-state index in [2.05, 4.69) is 60.0 Å². The molecule has 204 valence electrons. The smallest absolute Gasteiger partial charge is 0.212 e. The maximum Gasteiger partial charge on any atom is 0.212 e. The van der Waals surface area contributed by atoms with Crippen molar-refractivity contribution in [3.8, 4) is 34.1 Å². The SMILES string of the molecule is C/N=C\c1cnn2cc(-c3cnn(C)c3)cc(-c3ccc(N4CC5CC(C4)N5CC#Cc4ccc(F)nc4)nc3)c12. The highest BCUT2D eigenvalue weighted by atomic mass is 19.1. The number of aryl methyl sites for hydroxylation is 1. The summed E-state index contributed by atoms with van der Waals surface area (Å²) in [5.74, 6) is 6.82. The molecule has 0 aromatic carbocycles. The number of hydrogen-bond acceptors (Lipinski definition) is 7. The van der Waals surface area contributed by atoms with E-state index in [4.69, 9.17) is 4.98 Å². The van der Waals surface area contributed by atoms with E-state index in [9.17, 15) is 4.39 Å². The van der Waals surface area contributed by atoms with Gasteiger partial charge >= 0.3 is 0 Å². The molecular weight excluding hydrogens is 517 g/mol. The van der Waals surface area contributed by atoms with Gasteiger partial charge in [-0.05, 0) is 36.8 Å². The summed E-state index contributed by atoms with van der Waals surface area (Å²) < 4.78 is 16.7. The minimum absolute atomic E-state index is 0.453. The molecule has 5 aromatic heterocycles. The van der Waals surface area contributed by atoms with Crippen molar-refractivity contribution in [2.45, 2.75) is 18.5 Å². The first-order valence-corrected chi connectivity index (χ1v) is 13.6. The van der Waals surface area contributed by atoms with Gasteiger partial charge in [-0.2, -0.15) is 14.6 Å². The molecule has 2 atom stereocenters. The zero-order chi connectivity index (χ0) is 27.9. The molecule has 3 aliphatic rings. The lowest BCUT2D eigenvalue weighted by Crippen LogP contribution is -2.68. The Morgan fingerprint density at radius 2 is 1.85 bits per heavy atom. The van der Waals surface area contributed by atoms with Gasteiger partial charge in [-0.1, -0.05) is 11.8 Å². The van der Waals surface area contributed by atoms with E-state index in [1.165, 1.54) is 18.7 Å². The third kappa shape index (κ3) is 4.74. The van der Waals surface area contributed by atoms with Crippen molar-refractivity contribution in [2.24, 2.45) is 12.0 Å². The van der Waals surface area contributed by atoms with Crippen LogP contribution in [0.4, 0.5) is 10.2 Å². The molecule has 2 unspecified atom stereocenters. The number of piperazine rings is 1. The quantitative estimate of drug-likeness (QED) is 0.190. The maximum absolute atomic E-state index is 13.0. The molecule has 10 heteroatoms. The first-order chi connectivity index (χ1) is 20.1. The standard InChI is InChI=1S/C31H28FN9/c1-33-13-24-15-37-41-18-23(25-16-36-38(2)17-25)10-28(31(24)41)22-6-8-30(35-14-22)39-19-26-11-27(20-39)40(26)9-3-4-21-5-7-29(32)34-12-21/h5-8,10,12-18,26-27H,9,11,19-20H2,1-2H3/b33-13-. The number of piperidine rings is 1. The summed E-state index contributed by atoms with van der Waals surface area (Å²) >= 11 is 0. The lowest BCUT2D eigenvalue weighted by Gasteiger charge is -2.56. The van der Waals surface area contributed by atoms with Crippen LogP contribution in [0.3, 0.4) is 0 Å². The molecule has 0 aliphatic carbocycles. The molecule has 0 saturated carbocycles. The summed E-state index contributed by atoms with van der Waals surface area (Å²) in [5.41, 5.74) is 6.80. The Hall–Kier alpha value is -4.88.